The number of carbonyl (C=O) groups is 1. The smallest absolute Gasteiger partial charge is 0.252 e. The van der Waals surface area contributed by atoms with Crippen LogP contribution >= 0.6 is 11.6 Å². The van der Waals surface area contributed by atoms with Crippen LogP contribution in [-0.4, -0.2) is 22.3 Å². The summed E-state index contributed by atoms with van der Waals surface area (Å²) in [6.45, 7) is 3.95. The molecule has 3 nitrogen and oxygen atoms in total. The van der Waals surface area contributed by atoms with Crippen molar-refractivity contribution in [3.8, 4) is 0 Å². The van der Waals surface area contributed by atoms with Crippen molar-refractivity contribution in [3.63, 3.8) is 0 Å². The van der Waals surface area contributed by atoms with Crippen LogP contribution in [0, 0.1) is 0 Å². The summed E-state index contributed by atoms with van der Waals surface area (Å²) in [5.74, 6) is 0.279. The minimum absolute atomic E-state index is 0.108. The Balaban J connectivity index is 2.37. The molecule has 1 atom stereocenters. The van der Waals surface area contributed by atoms with Gasteiger partial charge in [0.2, 0.25) is 0 Å². The minimum atomic E-state index is -0.386. The van der Waals surface area contributed by atoms with E-state index in [1.807, 2.05) is 38.1 Å². The van der Waals surface area contributed by atoms with Crippen molar-refractivity contribution in [1.29, 1.82) is 0 Å². The zero-order valence-electron chi connectivity index (χ0n) is 11.1. The van der Waals surface area contributed by atoms with E-state index in [-0.39, 0.29) is 11.4 Å². The lowest BCUT2D eigenvalue weighted by atomic mass is 10.0. The number of pyridine rings is 1. The van der Waals surface area contributed by atoms with E-state index in [2.05, 4.69) is 10.3 Å². The largest absolute Gasteiger partial charge is 0.346 e. The number of rotatable bonds is 4. The number of amides is 1. The van der Waals surface area contributed by atoms with Crippen LogP contribution in [0.3, 0.4) is 0 Å². The Morgan fingerprint density at radius 2 is 2.11 bits per heavy atom. The number of fused-ring (bicyclic) bond motifs is 1. The van der Waals surface area contributed by atoms with E-state index < -0.39 is 0 Å². The zero-order valence-corrected chi connectivity index (χ0v) is 11.9. The summed E-state index contributed by atoms with van der Waals surface area (Å²) in [7, 11) is 0. The van der Waals surface area contributed by atoms with E-state index in [9.17, 15) is 4.79 Å². The molecule has 1 aromatic heterocycles. The predicted molar refractivity (Wildman–Crippen MR) is 78.6 cm³/mol. The van der Waals surface area contributed by atoms with Gasteiger partial charge in [-0.25, -0.2) is 0 Å². The quantitative estimate of drug-likeness (QED) is 0.870. The molecule has 4 heteroatoms. The van der Waals surface area contributed by atoms with E-state index in [0.29, 0.717) is 11.4 Å². The van der Waals surface area contributed by atoms with Gasteiger partial charge >= 0.3 is 0 Å². The first-order valence-corrected chi connectivity index (χ1v) is 6.85. The van der Waals surface area contributed by atoms with Crippen molar-refractivity contribution >= 4 is 28.4 Å². The third-order valence-corrected chi connectivity index (χ3v) is 3.97. The van der Waals surface area contributed by atoms with E-state index >= 15 is 0 Å². The number of alkyl halides is 1. The Labute approximate surface area is 118 Å². The number of nitrogens with zero attached hydrogens (tertiary/aromatic N) is 1. The molecular formula is C15H17ClN2O. The van der Waals surface area contributed by atoms with E-state index in [1.54, 1.807) is 12.3 Å². The van der Waals surface area contributed by atoms with Crippen LogP contribution in [0.25, 0.3) is 10.9 Å². The molecule has 1 unspecified atom stereocenters. The van der Waals surface area contributed by atoms with Gasteiger partial charge in [-0.3, -0.25) is 9.78 Å². The van der Waals surface area contributed by atoms with Crippen LogP contribution < -0.4 is 5.32 Å². The lowest BCUT2D eigenvalue weighted by molar-refractivity contribution is 0.0914. The van der Waals surface area contributed by atoms with Crippen molar-refractivity contribution in [2.45, 2.75) is 25.8 Å². The number of aromatic nitrogens is 1. The Kier molecular flexibility index (Phi) is 4.05. The second kappa shape index (κ2) is 5.57. The molecule has 0 fully saturated rings. The van der Waals surface area contributed by atoms with Gasteiger partial charge in [0, 0.05) is 17.5 Å². The number of nitrogens with one attached hydrogen (secondary N) is 1. The highest BCUT2D eigenvalue weighted by atomic mass is 35.5. The zero-order chi connectivity index (χ0) is 13.9. The number of para-hydroxylation sites is 1. The molecule has 2 rings (SSSR count). The summed E-state index contributed by atoms with van der Waals surface area (Å²) in [4.78, 5) is 16.6. The first-order valence-electron chi connectivity index (χ1n) is 6.32. The van der Waals surface area contributed by atoms with Crippen LogP contribution in [0.1, 0.15) is 30.6 Å². The molecule has 0 aliphatic rings. The molecule has 19 heavy (non-hydrogen) atoms. The van der Waals surface area contributed by atoms with Gasteiger partial charge in [0.25, 0.3) is 5.91 Å². The topological polar surface area (TPSA) is 42.0 Å². The second-order valence-corrected chi connectivity index (χ2v) is 5.14. The lowest BCUT2D eigenvalue weighted by Crippen LogP contribution is -2.47. The van der Waals surface area contributed by atoms with E-state index in [4.69, 9.17) is 11.6 Å². The summed E-state index contributed by atoms with van der Waals surface area (Å²) in [6, 6.07) is 9.35. The molecule has 0 radical (unpaired) electrons. The van der Waals surface area contributed by atoms with Crippen molar-refractivity contribution in [1.82, 2.24) is 10.3 Å². The number of hydrogen-bond donors (Lipinski definition) is 1. The minimum Gasteiger partial charge on any atom is -0.346 e. The fourth-order valence-corrected chi connectivity index (χ4v) is 2.11. The van der Waals surface area contributed by atoms with Gasteiger partial charge in [-0.1, -0.05) is 25.1 Å². The van der Waals surface area contributed by atoms with Crippen LogP contribution in [-0.2, 0) is 0 Å². The van der Waals surface area contributed by atoms with Crippen molar-refractivity contribution in [2.75, 3.05) is 5.88 Å². The highest BCUT2D eigenvalue weighted by Gasteiger charge is 2.24. The third kappa shape index (κ3) is 2.87. The molecule has 1 heterocycles. The van der Waals surface area contributed by atoms with Crippen molar-refractivity contribution < 1.29 is 4.79 Å². The SMILES string of the molecule is CCC(C)(CCl)NC(=O)c1ccnc2ccccc12. The van der Waals surface area contributed by atoms with E-state index in [0.717, 1.165) is 17.3 Å². The van der Waals surface area contributed by atoms with Gasteiger partial charge in [0.15, 0.2) is 0 Å². The molecule has 0 aliphatic heterocycles. The highest BCUT2D eigenvalue weighted by Crippen LogP contribution is 2.18. The molecule has 0 aliphatic carbocycles. The monoisotopic (exact) mass is 276 g/mol. The third-order valence-electron chi connectivity index (χ3n) is 3.38. The Morgan fingerprint density at radius 1 is 1.37 bits per heavy atom. The average Bonchev–Trinajstić information content (AvgIpc) is 2.46. The molecule has 1 amide bonds. The molecule has 1 aromatic carbocycles. The second-order valence-electron chi connectivity index (χ2n) is 4.88. The van der Waals surface area contributed by atoms with Crippen molar-refractivity contribution in [3.05, 3.63) is 42.1 Å². The number of benzene rings is 1. The summed E-state index contributed by atoms with van der Waals surface area (Å²) < 4.78 is 0. The molecule has 0 spiro atoms. The standard InChI is InChI=1S/C15H17ClN2O/c1-3-15(2,10-16)18-14(19)12-8-9-17-13-7-5-4-6-11(12)13/h4-9H,3,10H2,1-2H3,(H,18,19). The number of halogens is 1. The van der Waals surface area contributed by atoms with Gasteiger partial charge in [0.05, 0.1) is 16.6 Å². The van der Waals surface area contributed by atoms with Gasteiger partial charge in [-0.15, -0.1) is 11.6 Å². The number of hydrogen-bond acceptors (Lipinski definition) is 2. The van der Waals surface area contributed by atoms with Crippen LogP contribution in [0.15, 0.2) is 36.5 Å². The summed E-state index contributed by atoms with van der Waals surface area (Å²) in [6.07, 6.45) is 2.44. The maximum atomic E-state index is 12.4. The molecule has 0 bridgehead atoms. The maximum Gasteiger partial charge on any atom is 0.252 e. The highest BCUT2D eigenvalue weighted by molar-refractivity contribution is 6.19. The Morgan fingerprint density at radius 3 is 2.79 bits per heavy atom. The summed E-state index contributed by atoms with van der Waals surface area (Å²) in [5.41, 5.74) is 1.07. The molecule has 1 N–H and O–H groups in total. The first-order chi connectivity index (χ1) is 9.09. The molecule has 100 valence electrons. The Bertz CT molecular complexity index is 588. The van der Waals surface area contributed by atoms with Gasteiger partial charge in [-0.05, 0) is 25.5 Å². The molecule has 2 aromatic rings. The average molecular weight is 277 g/mol. The maximum absolute atomic E-state index is 12.4. The van der Waals surface area contributed by atoms with Gasteiger partial charge < -0.3 is 5.32 Å². The van der Waals surface area contributed by atoms with E-state index in [1.165, 1.54) is 0 Å². The normalized spacial score (nSPS) is 14.1. The Hall–Kier alpha value is -1.61. The fraction of sp³-hybridized carbons (Fsp3) is 0.333. The summed E-state index contributed by atoms with van der Waals surface area (Å²) >= 11 is 5.93. The number of carbonyl (C=O) groups excluding carboxylic acids is 1. The van der Waals surface area contributed by atoms with Crippen LogP contribution in [0.5, 0.6) is 0 Å². The lowest BCUT2D eigenvalue weighted by Gasteiger charge is -2.27. The predicted octanol–water partition coefficient (Wildman–Crippen LogP) is 3.37. The van der Waals surface area contributed by atoms with Gasteiger partial charge in [-0.2, -0.15) is 0 Å². The summed E-state index contributed by atoms with van der Waals surface area (Å²) in [5, 5.41) is 3.86. The fourth-order valence-electron chi connectivity index (χ4n) is 1.85. The van der Waals surface area contributed by atoms with Crippen LogP contribution in [0.2, 0.25) is 0 Å². The van der Waals surface area contributed by atoms with Crippen molar-refractivity contribution in [2.24, 2.45) is 0 Å². The first kappa shape index (κ1) is 13.8. The van der Waals surface area contributed by atoms with Gasteiger partial charge in [0.1, 0.15) is 0 Å². The molecule has 0 saturated heterocycles. The molecular weight excluding hydrogens is 260 g/mol. The molecule has 0 saturated carbocycles. The van der Waals surface area contributed by atoms with Crippen LogP contribution in [0.4, 0.5) is 0 Å².